The van der Waals surface area contributed by atoms with Gasteiger partial charge >= 0.3 is 6.09 Å². The van der Waals surface area contributed by atoms with E-state index in [2.05, 4.69) is 36.2 Å². The summed E-state index contributed by atoms with van der Waals surface area (Å²) in [5.41, 5.74) is 2.19. The molecule has 1 aromatic heterocycles. The Hall–Kier alpha value is -2.02. The molecule has 6 nitrogen and oxygen atoms in total. The average Bonchev–Trinajstić information content (AvgIpc) is 3.17. The first-order valence-corrected chi connectivity index (χ1v) is 8.60. The lowest BCUT2D eigenvalue weighted by Crippen LogP contribution is -2.26. The van der Waals surface area contributed by atoms with Gasteiger partial charge in [-0.1, -0.05) is 37.7 Å². The first kappa shape index (κ1) is 15.9. The number of aromatic nitrogens is 2. The normalized spacial score (nSPS) is 14.6. The number of hydrogen-bond acceptors (Lipinski definition) is 6. The van der Waals surface area contributed by atoms with Gasteiger partial charge in [0.2, 0.25) is 5.89 Å². The van der Waals surface area contributed by atoms with Gasteiger partial charge < -0.3 is 14.1 Å². The van der Waals surface area contributed by atoms with Gasteiger partial charge in [0.15, 0.2) is 0 Å². The van der Waals surface area contributed by atoms with Crippen LogP contribution in [0.25, 0.3) is 11.5 Å². The lowest BCUT2D eigenvalue weighted by atomic mass is 10.0. The van der Waals surface area contributed by atoms with E-state index in [0.29, 0.717) is 42.5 Å². The summed E-state index contributed by atoms with van der Waals surface area (Å²) >= 11 is 1.44. The first-order valence-electron chi connectivity index (χ1n) is 7.62. The largest absolute Gasteiger partial charge is 0.448 e. The second-order valence-electron chi connectivity index (χ2n) is 5.60. The summed E-state index contributed by atoms with van der Waals surface area (Å²) in [6, 6.07) is 8.15. The molecule has 1 aromatic carbocycles. The Morgan fingerprint density at radius 1 is 1.26 bits per heavy atom. The molecule has 122 valence electrons. The van der Waals surface area contributed by atoms with Crippen LogP contribution < -0.4 is 0 Å². The highest BCUT2D eigenvalue weighted by molar-refractivity contribution is 7.99. The van der Waals surface area contributed by atoms with Crippen molar-refractivity contribution in [1.82, 2.24) is 15.1 Å². The van der Waals surface area contributed by atoms with Gasteiger partial charge in [0.05, 0.1) is 6.54 Å². The fourth-order valence-corrected chi connectivity index (χ4v) is 2.99. The quantitative estimate of drug-likeness (QED) is 0.755. The van der Waals surface area contributed by atoms with Crippen molar-refractivity contribution in [3.8, 4) is 11.5 Å². The fraction of sp³-hybridized carbons (Fsp3) is 0.438. The molecule has 2 aromatic rings. The topological polar surface area (TPSA) is 68.5 Å². The maximum Gasteiger partial charge on any atom is 0.409 e. The van der Waals surface area contributed by atoms with Crippen molar-refractivity contribution in [1.29, 1.82) is 0 Å². The van der Waals surface area contributed by atoms with Gasteiger partial charge in [-0.05, 0) is 23.6 Å². The van der Waals surface area contributed by atoms with Gasteiger partial charge in [-0.15, -0.1) is 10.2 Å². The first-order chi connectivity index (χ1) is 11.1. The number of ether oxygens (including phenoxy) is 1. The molecule has 1 amide bonds. The number of carbonyl (C=O) groups excluding carboxylic acids is 1. The molecule has 1 fully saturated rings. The molecule has 0 bridgehead atoms. The minimum Gasteiger partial charge on any atom is -0.448 e. The summed E-state index contributed by atoms with van der Waals surface area (Å²) in [7, 11) is 0. The van der Waals surface area contributed by atoms with Gasteiger partial charge in [0, 0.05) is 17.9 Å². The summed E-state index contributed by atoms with van der Waals surface area (Å²) in [6.45, 7) is 6.06. The second kappa shape index (κ2) is 7.04. The Balaban J connectivity index is 1.56. The lowest BCUT2D eigenvalue weighted by Gasteiger charge is -2.10. The van der Waals surface area contributed by atoms with Gasteiger partial charge in [-0.25, -0.2) is 4.79 Å². The number of amides is 1. The van der Waals surface area contributed by atoms with E-state index < -0.39 is 0 Å². The van der Waals surface area contributed by atoms with Crippen LogP contribution in [0.3, 0.4) is 0 Å². The summed E-state index contributed by atoms with van der Waals surface area (Å²) in [5.74, 6) is 1.71. The van der Waals surface area contributed by atoms with Crippen molar-refractivity contribution in [2.75, 3.05) is 25.4 Å². The van der Waals surface area contributed by atoms with Crippen LogP contribution in [0.2, 0.25) is 0 Å². The van der Waals surface area contributed by atoms with E-state index in [1.807, 2.05) is 12.1 Å². The lowest BCUT2D eigenvalue weighted by molar-refractivity contribution is 0.160. The Morgan fingerprint density at radius 3 is 2.70 bits per heavy atom. The number of cyclic esters (lactones) is 1. The van der Waals surface area contributed by atoms with Crippen LogP contribution in [0.15, 0.2) is 33.9 Å². The molecule has 0 spiro atoms. The highest BCUT2D eigenvalue weighted by atomic mass is 32.2. The summed E-state index contributed by atoms with van der Waals surface area (Å²) in [6.07, 6.45) is -0.248. The van der Waals surface area contributed by atoms with E-state index in [1.54, 1.807) is 4.90 Å². The fourth-order valence-electron chi connectivity index (χ4n) is 2.27. The number of hydrogen-bond donors (Lipinski definition) is 0. The van der Waals surface area contributed by atoms with Crippen LogP contribution >= 0.6 is 11.8 Å². The highest BCUT2D eigenvalue weighted by Gasteiger charge is 2.21. The van der Waals surface area contributed by atoms with E-state index in [9.17, 15) is 4.79 Å². The van der Waals surface area contributed by atoms with Gasteiger partial charge in [0.25, 0.3) is 5.22 Å². The minimum absolute atomic E-state index is 0.248. The van der Waals surface area contributed by atoms with Crippen LogP contribution in [-0.4, -0.2) is 46.6 Å². The third-order valence-corrected chi connectivity index (χ3v) is 4.46. The van der Waals surface area contributed by atoms with Crippen molar-refractivity contribution in [3.63, 3.8) is 0 Å². The zero-order valence-corrected chi connectivity index (χ0v) is 14.0. The SMILES string of the molecule is CC(C)c1ccc(-c2nnc(SCCN3CCOC3=O)o2)cc1. The average molecular weight is 333 g/mol. The predicted molar refractivity (Wildman–Crippen MR) is 87.5 cm³/mol. The predicted octanol–water partition coefficient (Wildman–Crippen LogP) is 3.40. The molecule has 0 atom stereocenters. The van der Waals surface area contributed by atoms with E-state index in [1.165, 1.54) is 17.3 Å². The Morgan fingerprint density at radius 2 is 2.04 bits per heavy atom. The molecule has 0 N–H and O–H groups in total. The number of nitrogens with zero attached hydrogens (tertiary/aromatic N) is 3. The number of carbonyl (C=O) groups is 1. The molecular formula is C16H19N3O3S. The molecular weight excluding hydrogens is 314 g/mol. The number of benzene rings is 1. The third-order valence-electron chi connectivity index (χ3n) is 3.66. The van der Waals surface area contributed by atoms with Crippen LogP contribution in [0.4, 0.5) is 4.79 Å². The van der Waals surface area contributed by atoms with E-state index in [-0.39, 0.29) is 6.09 Å². The number of rotatable bonds is 6. The molecule has 1 saturated heterocycles. The molecule has 1 aliphatic heterocycles. The van der Waals surface area contributed by atoms with Crippen LogP contribution in [-0.2, 0) is 4.74 Å². The third kappa shape index (κ3) is 3.85. The van der Waals surface area contributed by atoms with E-state index in [0.717, 1.165) is 5.56 Å². The van der Waals surface area contributed by atoms with Crippen molar-refractivity contribution < 1.29 is 13.9 Å². The molecule has 0 unspecified atom stereocenters. The second-order valence-corrected chi connectivity index (χ2v) is 6.65. The van der Waals surface area contributed by atoms with E-state index >= 15 is 0 Å². The summed E-state index contributed by atoms with van der Waals surface area (Å²) in [5, 5.41) is 8.64. The van der Waals surface area contributed by atoms with Crippen molar-refractivity contribution in [2.45, 2.75) is 25.0 Å². The standard InChI is InChI=1S/C16H19N3O3S/c1-11(2)12-3-5-13(6-4-12)14-17-18-15(22-14)23-10-8-19-7-9-21-16(19)20/h3-6,11H,7-10H2,1-2H3. The molecule has 23 heavy (non-hydrogen) atoms. The summed E-state index contributed by atoms with van der Waals surface area (Å²) in [4.78, 5) is 13.0. The van der Waals surface area contributed by atoms with Gasteiger partial charge in [-0.3, -0.25) is 0 Å². The maximum atomic E-state index is 11.3. The summed E-state index contributed by atoms with van der Waals surface area (Å²) < 4.78 is 10.6. The minimum atomic E-state index is -0.248. The van der Waals surface area contributed by atoms with Crippen LogP contribution in [0.1, 0.15) is 25.3 Å². The molecule has 7 heteroatoms. The van der Waals surface area contributed by atoms with Crippen molar-refractivity contribution in [2.24, 2.45) is 0 Å². The monoisotopic (exact) mass is 333 g/mol. The Labute approximate surface area is 139 Å². The Bertz CT molecular complexity index is 669. The van der Waals surface area contributed by atoms with Crippen molar-refractivity contribution >= 4 is 17.9 Å². The van der Waals surface area contributed by atoms with Gasteiger partial charge in [-0.2, -0.15) is 0 Å². The molecule has 2 heterocycles. The molecule has 0 saturated carbocycles. The molecule has 3 rings (SSSR count). The van der Waals surface area contributed by atoms with Crippen molar-refractivity contribution in [3.05, 3.63) is 29.8 Å². The zero-order chi connectivity index (χ0) is 16.2. The smallest absolute Gasteiger partial charge is 0.409 e. The van der Waals surface area contributed by atoms with Crippen LogP contribution in [0, 0.1) is 0 Å². The Kier molecular flexibility index (Phi) is 4.85. The molecule has 0 aliphatic carbocycles. The zero-order valence-electron chi connectivity index (χ0n) is 13.2. The highest BCUT2D eigenvalue weighted by Crippen LogP contribution is 2.25. The van der Waals surface area contributed by atoms with Crippen LogP contribution in [0.5, 0.6) is 0 Å². The molecule has 1 aliphatic rings. The maximum absolute atomic E-state index is 11.3. The molecule has 0 radical (unpaired) electrons. The number of thioether (sulfide) groups is 1. The van der Waals surface area contributed by atoms with Gasteiger partial charge in [0.1, 0.15) is 6.61 Å². The van der Waals surface area contributed by atoms with E-state index in [4.69, 9.17) is 9.15 Å².